The third-order valence-corrected chi connectivity index (χ3v) is 3.07. The molecule has 0 unspecified atom stereocenters. The van der Waals surface area contributed by atoms with Crippen LogP contribution in [-0.4, -0.2) is 28.0 Å². The van der Waals surface area contributed by atoms with Gasteiger partial charge in [0, 0.05) is 6.20 Å². The first-order valence-electron chi connectivity index (χ1n) is 6.65. The lowest BCUT2D eigenvalue weighted by Gasteiger charge is -2.14. The Hall–Kier alpha value is -2.69. The van der Waals surface area contributed by atoms with Crippen molar-refractivity contribution in [2.75, 3.05) is 0 Å². The van der Waals surface area contributed by atoms with Crippen molar-refractivity contribution in [1.29, 1.82) is 0 Å². The van der Waals surface area contributed by atoms with Crippen molar-refractivity contribution in [1.82, 2.24) is 10.3 Å². The number of aromatic nitrogens is 1. The van der Waals surface area contributed by atoms with E-state index in [1.807, 2.05) is 30.3 Å². The number of hydrogen-bond donors (Lipinski definition) is 2. The topological polar surface area (TPSA) is 79.3 Å². The van der Waals surface area contributed by atoms with Crippen LogP contribution < -0.4 is 5.32 Å². The number of nitrogens with one attached hydrogen (secondary N) is 1. The number of hydrogen-bond acceptors (Lipinski definition) is 3. The summed E-state index contributed by atoms with van der Waals surface area (Å²) in [5, 5.41) is 11.7. The summed E-state index contributed by atoms with van der Waals surface area (Å²) < 4.78 is 0. The molecule has 0 radical (unpaired) electrons. The van der Waals surface area contributed by atoms with Crippen LogP contribution in [0.5, 0.6) is 0 Å². The maximum atomic E-state index is 11.9. The standard InChI is InChI=1S/C16H16N2O3/c19-15(13-8-4-5-11-17-13)18-14(16(20)21)10-9-12-6-2-1-3-7-12/h1-8,11,14H,9-10H2,(H,18,19)(H,20,21)/t14-/m0/s1. The molecule has 0 bridgehead atoms. The van der Waals surface area contributed by atoms with Gasteiger partial charge in [-0.25, -0.2) is 4.79 Å². The van der Waals surface area contributed by atoms with Crippen molar-refractivity contribution in [3.05, 3.63) is 66.0 Å². The largest absolute Gasteiger partial charge is 0.480 e. The summed E-state index contributed by atoms with van der Waals surface area (Å²) in [6.07, 6.45) is 2.41. The molecule has 0 saturated carbocycles. The minimum absolute atomic E-state index is 0.212. The van der Waals surface area contributed by atoms with Gasteiger partial charge in [-0.3, -0.25) is 9.78 Å². The number of benzene rings is 1. The molecule has 0 aliphatic heterocycles. The number of carbonyl (C=O) groups excluding carboxylic acids is 1. The Morgan fingerprint density at radius 2 is 1.81 bits per heavy atom. The molecular formula is C16H16N2O3. The maximum absolute atomic E-state index is 11.9. The zero-order chi connectivity index (χ0) is 15.1. The molecule has 0 aliphatic rings. The highest BCUT2D eigenvalue weighted by molar-refractivity contribution is 5.94. The number of rotatable bonds is 6. The molecule has 1 amide bonds. The zero-order valence-electron chi connectivity index (χ0n) is 11.4. The predicted molar refractivity (Wildman–Crippen MR) is 77.9 cm³/mol. The van der Waals surface area contributed by atoms with E-state index in [9.17, 15) is 14.7 Å². The van der Waals surface area contributed by atoms with Crippen molar-refractivity contribution in [3.8, 4) is 0 Å². The summed E-state index contributed by atoms with van der Waals surface area (Å²) in [6, 6.07) is 13.6. The van der Waals surface area contributed by atoms with Gasteiger partial charge >= 0.3 is 5.97 Å². The molecule has 2 rings (SSSR count). The fourth-order valence-electron chi connectivity index (χ4n) is 1.94. The molecule has 5 nitrogen and oxygen atoms in total. The van der Waals surface area contributed by atoms with Gasteiger partial charge in [-0.2, -0.15) is 0 Å². The molecule has 0 aliphatic carbocycles. The lowest BCUT2D eigenvalue weighted by atomic mass is 10.1. The molecule has 0 saturated heterocycles. The molecule has 1 heterocycles. The highest BCUT2D eigenvalue weighted by Crippen LogP contribution is 2.06. The SMILES string of the molecule is O=C(N[C@@H](CCc1ccccc1)C(=O)O)c1ccccn1. The minimum Gasteiger partial charge on any atom is -0.480 e. The van der Waals surface area contributed by atoms with Crippen LogP contribution in [0.15, 0.2) is 54.7 Å². The van der Waals surface area contributed by atoms with E-state index in [0.29, 0.717) is 12.8 Å². The molecule has 2 aromatic rings. The second-order valence-corrected chi connectivity index (χ2v) is 4.60. The van der Waals surface area contributed by atoms with Gasteiger partial charge in [-0.05, 0) is 30.5 Å². The van der Waals surface area contributed by atoms with Crippen molar-refractivity contribution in [2.45, 2.75) is 18.9 Å². The number of carbonyl (C=O) groups is 2. The van der Waals surface area contributed by atoms with E-state index in [1.54, 1.807) is 18.2 Å². The Labute approximate surface area is 122 Å². The number of amides is 1. The van der Waals surface area contributed by atoms with Gasteiger partial charge in [-0.15, -0.1) is 0 Å². The summed E-state index contributed by atoms with van der Waals surface area (Å²) in [4.78, 5) is 27.1. The second-order valence-electron chi connectivity index (χ2n) is 4.60. The number of nitrogens with zero attached hydrogens (tertiary/aromatic N) is 1. The van der Waals surface area contributed by atoms with Gasteiger partial charge in [0.05, 0.1) is 0 Å². The number of aryl methyl sites for hydroxylation is 1. The van der Waals surface area contributed by atoms with E-state index in [-0.39, 0.29) is 5.69 Å². The fourth-order valence-corrected chi connectivity index (χ4v) is 1.94. The van der Waals surface area contributed by atoms with Gasteiger partial charge in [0.1, 0.15) is 11.7 Å². The van der Waals surface area contributed by atoms with Crippen molar-refractivity contribution < 1.29 is 14.7 Å². The molecule has 1 aromatic heterocycles. The Morgan fingerprint density at radius 3 is 2.43 bits per heavy atom. The first kappa shape index (κ1) is 14.7. The molecule has 0 spiro atoms. The summed E-state index contributed by atoms with van der Waals surface area (Å²) in [7, 11) is 0. The van der Waals surface area contributed by atoms with E-state index in [2.05, 4.69) is 10.3 Å². The highest BCUT2D eigenvalue weighted by atomic mass is 16.4. The van der Waals surface area contributed by atoms with Gasteiger partial charge in [0.25, 0.3) is 5.91 Å². The lowest BCUT2D eigenvalue weighted by Crippen LogP contribution is -2.41. The van der Waals surface area contributed by atoms with Crippen LogP contribution in [0.4, 0.5) is 0 Å². The van der Waals surface area contributed by atoms with Gasteiger partial charge < -0.3 is 10.4 Å². The third kappa shape index (κ3) is 4.42. The van der Waals surface area contributed by atoms with Crippen LogP contribution in [0.1, 0.15) is 22.5 Å². The van der Waals surface area contributed by atoms with E-state index < -0.39 is 17.9 Å². The second kappa shape index (κ2) is 7.19. The van der Waals surface area contributed by atoms with E-state index >= 15 is 0 Å². The Bertz CT molecular complexity index is 599. The van der Waals surface area contributed by atoms with Crippen LogP contribution in [0.2, 0.25) is 0 Å². The van der Waals surface area contributed by atoms with Crippen molar-refractivity contribution in [3.63, 3.8) is 0 Å². The quantitative estimate of drug-likeness (QED) is 0.849. The summed E-state index contributed by atoms with van der Waals surface area (Å²) in [5.74, 6) is -1.52. The predicted octanol–water partition coefficient (Wildman–Crippen LogP) is 1.90. The average Bonchev–Trinajstić information content (AvgIpc) is 2.52. The molecule has 1 atom stereocenters. The highest BCUT2D eigenvalue weighted by Gasteiger charge is 2.20. The number of pyridine rings is 1. The smallest absolute Gasteiger partial charge is 0.326 e. The van der Waals surface area contributed by atoms with Crippen LogP contribution in [0.25, 0.3) is 0 Å². The van der Waals surface area contributed by atoms with Crippen molar-refractivity contribution in [2.24, 2.45) is 0 Å². The molecule has 1 aromatic carbocycles. The van der Waals surface area contributed by atoms with Gasteiger partial charge in [0.2, 0.25) is 0 Å². The fraction of sp³-hybridized carbons (Fsp3) is 0.188. The van der Waals surface area contributed by atoms with Crippen LogP contribution >= 0.6 is 0 Å². The minimum atomic E-state index is -1.05. The van der Waals surface area contributed by atoms with Crippen LogP contribution in [-0.2, 0) is 11.2 Å². The van der Waals surface area contributed by atoms with Crippen LogP contribution in [0.3, 0.4) is 0 Å². The maximum Gasteiger partial charge on any atom is 0.326 e. The zero-order valence-corrected chi connectivity index (χ0v) is 11.4. The number of aliphatic carboxylic acids is 1. The molecule has 21 heavy (non-hydrogen) atoms. The van der Waals surface area contributed by atoms with Crippen LogP contribution in [0, 0.1) is 0 Å². The number of carboxylic acid groups (broad SMARTS) is 1. The first-order valence-corrected chi connectivity index (χ1v) is 6.65. The normalized spacial score (nSPS) is 11.6. The van der Waals surface area contributed by atoms with Gasteiger partial charge in [0.15, 0.2) is 0 Å². The van der Waals surface area contributed by atoms with E-state index in [0.717, 1.165) is 5.56 Å². The lowest BCUT2D eigenvalue weighted by molar-refractivity contribution is -0.139. The van der Waals surface area contributed by atoms with Crippen molar-refractivity contribution >= 4 is 11.9 Å². The average molecular weight is 284 g/mol. The Kier molecular flexibility index (Phi) is 5.04. The summed E-state index contributed by atoms with van der Waals surface area (Å²) >= 11 is 0. The summed E-state index contributed by atoms with van der Waals surface area (Å²) in [6.45, 7) is 0. The third-order valence-electron chi connectivity index (χ3n) is 3.07. The Balaban J connectivity index is 1.96. The van der Waals surface area contributed by atoms with Gasteiger partial charge in [-0.1, -0.05) is 36.4 Å². The molecular weight excluding hydrogens is 268 g/mol. The molecule has 2 N–H and O–H groups in total. The number of carboxylic acids is 1. The van der Waals surface area contributed by atoms with E-state index in [4.69, 9.17) is 0 Å². The molecule has 108 valence electrons. The first-order chi connectivity index (χ1) is 10.2. The Morgan fingerprint density at radius 1 is 1.10 bits per heavy atom. The summed E-state index contributed by atoms with van der Waals surface area (Å²) in [5.41, 5.74) is 1.25. The monoisotopic (exact) mass is 284 g/mol. The molecule has 5 heteroatoms. The van der Waals surface area contributed by atoms with E-state index in [1.165, 1.54) is 6.20 Å². The molecule has 0 fully saturated rings.